The highest BCUT2D eigenvalue weighted by Gasteiger charge is 2.23. The first-order valence-electron chi connectivity index (χ1n) is 19.4. The fraction of sp³-hybridized carbons (Fsp3) is 0.0566. The predicted molar refractivity (Wildman–Crippen MR) is 236 cm³/mol. The van der Waals surface area contributed by atoms with Gasteiger partial charge in [-0.05, 0) is 178 Å². The van der Waals surface area contributed by atoms with E-state index in [0.717, 1.165) is 62.5 Å². The van der Waals surface area contributed by atoms with Crippen LogP contribution in [0.25, 0.3) is 54.6 Å². The lowest BCUT2D eigenvalue weighted by Gasteiger charge is -2.26. The van der Waals surface area contributed by atoms with Gasteiger partial charge in [0.05, 0.1) is 0 Å². The molecule has 3 heteroatoms. The van der Waals surface area contributed by atoms with Crippen LogP contribution in [0.15, 0.2) is 186 Å². The maximum absolute atomic E-state index is 6.69. The third-order valence-electron chi connectivity index (χ3n) is 11.4. The van der Waals surface area contributed by atoms with Gasteiger partial charge in [-0.2, -0.15) is 0 Å². The van der Waals surface area contributed by atoms with Crippen molar-refractivity contribution in [1.82, 2.24) is 0 Å². The van der Waals surface area contributed by atoms with Crippen molar-refractivity contribution < 1.29 is 4.42 Å². The average Bonchev–Trinajstić information content (AvgIpc) is 3.75. The number of hydrogen-bond donors (Lipinski definition) is 0. The van der Waals surface area contributed by atoms with Crippen LogP contribution in [-0.2, 0) is 6.42 Å². The van der Waals surface area contributed by atoms with Gasteiger partial charge in [-0.15, -0.1) is 0 Å². The van der Waals surface area contributed by atoms with Crippen LogP contribution < -0.4 is 9.80 Å². The summed E-state index contributed by atoms with van der Waals surface area (Å²) in [5.74, 6) is 0. The minimum Gasteiger partial charge on any atom is -0.456 e. The first kappa shape index (κ1) is 32.3. The summed E-state index contributed by atoms with van der Waals surface area (Å²) in [4.78, 5) is 4.67. The third-order valence-corrected chi connectivity index (χ3v) is 11.4. The molecule has 0 saturated carbocycles. The number of rotatable bonds is 6. The van der Waals surface area contributed by atoms with Crippen LogP contribution in [0.4, 0.5) is 34.1 Å². The van der Waals surface area contributed by atoms with Crippen LogP contribution in [0.3, 0.4) is 0 Å². The van der Waals surface area contributed by atoms with Gasteiger partial charge in [-0.25, -0.2) is 0 Å². The number of fused-ring (bicyclic) bond motifs is 8. The van der Waals surface area contributed by atoms with Gasteiger partial charge in [0, 0.05) is 44.9 Å². The van der Waals surface area contributed by atoms with Crippen molar-refractivity contribution >= 4 is 77.6 Å². The zero-order valence-electron chi connectivity index (χ0n) is 31.3. The van der Waals surface area contributed by atoms with Crippen LogP contribution in [-0.4, -0.2) is 0 Å². The quantitative estimate of drug-likeness (QED) is 0.171. The molecule has 0 radical (unpaired) electrons. The van der Waals surface area contributed by atoms with E-state index in [0.29, 0.717) is 0 Å². The van der Waals surface area contributed by atoms with E-state index in [2.05, 4.69) is 206 Å². The topological polar surface area (TPSA) is 19.6 Å². The Hall–Kier alpha value is -7.10. The molecule has 0 aliphatic heterocycles. The second-order valence-corrected chi connectivity index (χ2v) is 15.2. The Morgan fingerprint density at radius 2 is 0.839 bits per heavy atom. The van der Waals surface area contributed by atoms with Gasteiger partial charge in [0.25, 0.3) is 0 Å². The highest BCUT2D eigenvalue weighted by molar-refractivity contribution is 6.12. The predicted octanol–water partition coefficient (Wildman–Crippen LogP) is 15.0. The van der Waals surface area contributed by atoms with Gasteiger partial charge >= 0.3 is 0 Å². The van der Waals surface area contributed by atoms with E-state index in [4.69, 9.17) is 4.42 Å². The summed E-state index contributed by atoms with van der Waals surface area (Å²) in [6.45, 7) is 4.30. The normalized spacial score (nSPS) is 12.0. The lowest BCUT2D eigenvalue weighted by atomic mass is 9.99. The Kier molecular flexibility index (Phi) is 7.36. The van der Waals surface area contributed by atoms with E-state index < -0.39 is 0 Å². The summed E-state index contributed by atoms with van der Waals surface area (Å²) in [5, 5.41) is 7.16. The second kappa shape index (κ2) is 12.8. The van der Waals surface area contributed by atoms with Gasteiger partial charge in [0.15, 0.2) is 0 Å². The average molecular weight is 719 g/mol. The number of nitrogens with zero attached hydrogens (tertiary/aromatic N) is 2. The standard InChI is InChI=1S/C53H38N2O/c1-34-11-9-17-44(23-34)54(42-13-5-3-6-14-42)46-21-19-36-29-48-40(25-38(36)27-46)26-41-31-51-50-30-37-20-22-47(28-39(37)32-52(50)56-53(51)33-49(41)48)55(43-15-7-4-8-16-43)45-18-10-12-35(2)24-45/h3-25,27-33H,26H2,1-2H3. The molecule has 1 aliphatic rings. The molecule has 0 atom stereocenters. The number of benzene rings is 9. The molecule has 1 aliphatic carbocycles. The lowest BCUT2D eigenvalue weighted by Crippen LogP contribution is -2.09. The molecular weight excluding hydrogens is 681 g/mol. The molecule has 0 fully saturated rings. The summed E-state index contributed by atoms with van der Waals surface area (Å²) in [6, 6.07) is 66.2. The monoisotopic (exact) mass is 718 g/mol. The zero-order chi connectivity index (χ0) is 37.3. The molecule has 11 rings (SSSR count). The molecule has 266 valence electrons. The molecule has 9 aromatic carbocycles. The fourth-order valence-electron chi connectivity index (χ4n) is 8.79. The minimum absolute atomic E-state index is 0.902. The van der Waals surface area contributed by atoms with Crippen molar-refractivity contribution in [2.24, 2.45) is 0 Å². The fourth-order valence-corrected chi connectivity index (χ4v) is 8.79. The molecular formula is C53H38N2O. The van der Waals surface area contributed by atoms with Crippen molar-refractivity contribution in [2.75, 3.05) is 9.80 Å². The summed E-state index contributed by atoms with van der Waals surface area (Å²) in [6.07, 6.45) is 0.902. The number of aryl methyl sites for hydroxylation is 2. The first-order chi connectivity index (χ1) is 27.5. The highest BCUT2D eigenvalue weighted by atomic mass is 16.3. The maximum Gasteiger partial charge on any atom is 0.136 e. The summed E-state index contributed by atoms with van der Waals surface area (Å²) >= 11 is 0. The zero-order valence-corrected chi connectivity index (χ0v) is 31.3. The Bertz CT molecular complexity index is 3140. The molecule has 56 heavy (non-hydrogen) atoms. The van der Waals surface area contributed by atoms with Crippen molar-refractivity contribution in [2.45, 2.75) is 20.3 Å². The Balaban J connectivity index is 0.976. The SMILES string of the molecule is Cc1cccc(N(c2ccccc2)c2ccc3cc4c(cc3c2)Cc2cc3c(cc2-4)oc2cc4cc(N(c5ccccc5)c5cccc(C)c5)ccc4cc23)c1. The number of anilines is 6. The molecule has 0 saturated heterocycles. The molecule has 0 N–H and O–H groups in total. The molecule has 0 bridgehead atoms. The number of para-hydroxylation sites is 2. The second-order valence-electron chi connectivity index (χ2n) is 15.2. The molecule has 1 heterocycles. The van der Waals surface area contributed by atoms with Crippen molar-refractivity contribution in [3.63, 3.8) is 0 Å². The molecule has 0 unspecified atom stereocenters. The van der Waals surface area contributed by atoms with E-state index in [1.54, 1.807) is 0 Å². The number of hydrogen-bond acceptors (Lipinski definition) is 3. The smallest absolute Gasteiger partial charge is 0.136 e. The molecule has 3 nitrogen and oxygen atoms in total. The Labute approximate surface area is 326 Å². The van der Waals surface area contributed by atoms with Gasteiger partial charge in [-0.1, -0.05) is 78.9 Å². The van der Waals surface area contributed by atoms with Gasteiger partial charge in [0.1, 0.15) is 11.2 Å². The highest BCUT2D eigenvalue weighted by Crippen LogP contribution is 2.45. The van der Waals surface area contributed by atoms with Gasteiger partial charge in [0.2, 0.25) is 0 Å². The minimum atomic E-state index is 0.902. The van der Waals surface area contributed by atoms with Crippen LogP contribution in [0.1, 0.15) is 22.3 Å². The molecule has 0 spiro atoms. The molecule has 10 aromatic rings. The third kappa shape index (κ3) is 5.43. The van der Waals surface area contributed by atoms with Crippen LogP contribution >= 0.6 is 0 Å². The van der Waals surface area contributed by atoms with E-state index in [1.807, 2.05) is 0 Å². The number of furan rings is 1. The van der Waals surface area contributed by atoms with Gasteiger partial charge < -0.3 is 14.2 Å². The largest absolute Gasteiger partial charge is 0.456 e. The van der Waals surface area contributed by atoms with Gasteiger partial charge in [-0.3, -0.25) is 0 Å². The summed E-state index contributed by atoms with van der Waals surface area (Å²) in [5.41, 5.74) is 16.4. The van der Waals surface area contributed by atoms with Crippen LogP contribution in [0.5, 0.6) is 0 Å². The van der Waals surface area contributed by atoms with E-state index in [9.17, 15) is 0 Å². The molecule has 1 aromatic heterocycles. The van der Waals surface area contributed by atoms with E-state index >= 15 is 0 Å². The lowest BCUT2D eigenvalue weighted by molar-refractivity contribution is 0.669. The summed E-state index contributed by atoms with van der Waals surface area (Å²) < 4.78 is 6.69. The molecule has 0 amide bonds. The maximum atomic E-state index is 6.69. The van der Waals surface area contributed by atoms with E-state index in [-0.39, 0.29) is 0 Å². The van der Waals surface area contributed by atoms with Crippen LogP contribution in [0.2, 0.25) is 0 Å². The Morgan fingerprint density at radius 1 is 0.357 bits per heavy atom. The Morgan fingerprint density at radius 3 is 1.45 bits per heavy atom. The van der Waals surface area contributed by atoms with Crippen molar-refractivity contribution in [3.8, 4) is 11.1 Å². The van der Waals surface area contributed by atoms with Crippen molar-refractivity contribution in [1.29, 1.82) is 0 Å². The van der Waals surface area contributed by atoms with Crippen LogP contribution in [0, 0.1) is 13.8 Å². The van der Waals surface area contributed by atoms with E-state index in [1.165, 1.54) is 54.9 Å². The first-order valence-corrected chi connectivity index (χ1v) is 19.4. The summed E-state index contributed by atoms with van der Waals surface area (Å²) in [7, 11) is 0. The van der Waals surface area contributed by atoms with Crippen molar-refractivity contribution in [3.05, 3.63) is 204 Å².